The lowest BCUT2D eigenvalue weighted by atomic mass is 9.65. The lowest BCUT2D eigenvalue weighted by molar-refractivity contribution is -0.160. The fraction of sp³-hybridized carbons (Fsp3) is 0.720. The Balaban J connectivity index is 1.31. The summed E-state index contributed by atoms with van der Waals surface area (Å²) in [5.74, 6) is 0.962. The monoisotopic (exact) mass is 457 g/mol. The summed E-state index contributed by atoms with van der Waals surface area (Å²) in [6.07, 6.45) is 14.2. The third-order valence-electron chi connectivity index (χ3n) is 8.55. The SMILES string of the molecule is O=C(CCC1CCCCC1)N1CCC(O)(Cn2cnc3ccsc3c2=O)C2(CCCC2)C1. The van der Waals surface area contributed by atoms with Gasteiger partial charge in [-0.25, -0.2) is 4.98 Å². The topological polar surface area (TPSA) is 75.4 Å². The van der Waals surface area contributed by atoms with Gasteiger partial charge in [-0.2, -0.15) is 0 Å². The number of aliphatic hydroxyl groups is 1. The molecule has 3 fully saturated rings. The average molecular weight is 458 g/mol. The highest BCUT2D eigenvalue weighted by Crippen LogP contribution is 2.51. The van der Waals surface area contributed by atoms with Crippen molar-refractivity contribution in [1.82, 2.24) is 14.5 Å². The predicted octanol–water partition coefficient (Wildman–Crippen LogP) is 4.34. The van der Waals surface area contributed by atoms with Crippen molar-refractivity contribution in [3.05, 3.63) is 28.1 Å². The molecule has 0 aromatic carbocycles. The first-order valence-corrected chi connectivity index (χ1v) is 13.3. The zero-order chi connectivity index (χ0) is 22.2. The largest absolute Gasteiger partial charge is 0.387 e. The van der Waals surface area contributed by atoms with Crippen molar-refractivity contribution >= 4 is 27.5 Å². The van der Waals surface area contributed by atoms with E-state index in [0.717, 1.165) is 37.6 Å². The number of hydrogen-bond donors (Lipinski definition) is 1. The van der Waals surface area contributed by atoms with Gasteiger partial charge in [0.1, 0.15) is 4.70 Å². The number of amides is 1. The van der Waals surface area contributed by atoms with Crippen LogP contribution in [0.15, 0.2) is 22.6 Å². The average Bonchev–Trinajstić information content (AvgIpc) is 3.48. The first-order chi connectivity index (χ1) is 15.5. The molecule has 7 heteroatoms. The summed E-state index contributed by atoms with van der Waals surface area (Å²) >= 11 is 1.40. The molecule has 1 saturated heterocycles. The second kappa shape index (κ2) is 8.90. The molecule has 1 aliphatic heterocycles. The number of carbonyl (C=O) groups is 1. The molecule has 2 aromatic heterocycles. The minimum atomic E-state index is -0.986. The van der Waals surface area contributed by atoms with Crippen molar-refractivity contribution in [3.63, 3.8) is 0 Å². The summed E-state index contributed by atoms with van der Waals surface area (Å²) in [7, 11) is 0. The maximum Gasteiger partial charge on any atom is 0.271 e. The van der Waals surface area contributed by atoms with Gasteiger partial charge in [0.25, 0.3) is 5.56 Å². The van der Waals surface area contributed by atoms with Crippen LogP contribution in [0.25, 0.3) is 10.2 Å². The Morgan fingerprint density at radius 1 is 1.16 bits per heavy atom. The Morgan fingerprint density at radius 3 is 2.72 bits per heavy atom. The van der Waals surface area contributed by atoms with Gasteiger partial charge in [-0.15, -0.1) is 11.3 Å². The molecule has 1 spiro atoms. The van der Waals surface area contributed by atoms with Gasteiger partial charge in [0, 0.05) is 24.9 Å². The maximum absolute atomic E-state index is 13.1. The van der Waals surface area contributed by atoms with Crippen LogP contribution < -0.4 is 5.56 Å². The van der Waals surface area contributed by atoms with Crippen LogP contribution in [0.1, 0.15) is 77.0 Å². The van der Waals surface area contributed by atoms with Crippen LogP contribution in [0, 0.1) is 11.3 Å². The third-order valence-corrected chi connectivity index (χ3v) is 9.44. The standard InChI is InChI=1S/C25H35N3O3S/c29-21(9-8-19-6-2-1-3-7-19)27-14-13-25(31,24(16-27)11-4-5-12-24)17-28-18-26-20-10-15-32-22(20)23(28)30/h10,15,18-19,31H,1-9,11-14,16-17H2. The molecular formula is C25H35N3O3S. The highest BCUT2D eigenvalue weighted by molar-refractivity contribution is 7.17. The molecule has 3 aliphatic rings. The van der Waals surface area contributed by atoms with Gasteiger partial charge in [-0.05, 0) is 43.0 Å². The van der Waals surface area contributed by atoms with Crippen LogP contribution in [-0.4, -0.2) is 44.2 Å². The van der Waals surface area contributed by atoms with E-state index in [0.29, 0.717) is 36.5 Å². The van der Waals surface area contributed by atoms with E-state index in [1.54, 1.807) is 10.9 Å². The smallest absolute Gasteiger partial charge is 0.271 e. The van der Waals surface area contributed by atoms with E-state index in [1.807, 2.05) is 16.3 Å². The van der Waals surface area contributed by atoms with Crippen LogP contribution >= 0.6 is 11.3 Å². The predicted molar refractivity (Wildman–Crippen MR) is 127 cm³/mol. The molecule has 1 N–H and O–H groups in total. The number of hydrogen-bond acceptors (Lipinski definition) is 5. The number of aromatic nitrogens is 2. The Bertz CT molecular complexity index is 1020. The van der Waals surface area contributed by atoms with Gasteiger partial charge in [-0.1, -0.05) is 44.9 Å². The zero-order valence-electron chi connectivity index (χ0n) is 18.9. The number of rotatable bonds is 5. The highest BCUT2D eigenvalue weighted by atomic mass is 32.1. The fourth-order valence-electron chi connectivity index (χ4n) is 6.55. The van der Waals surface area contributed by atoms with E-state index < -0.39 is 5.60 Å². The van der Waals surface area contributed by atoms with E-state index in [1.165, 1.54) is 43.4 Å². The fourth-order valence-corrected chi connectivity index (χ4v) is 7.34. The highest BCUT2D eigenvalue weighted by Gasteiger charge is 2.55. The molecule has 0 bridgehead atoms. The third kappa shape index (κ3) is 4.03. The summed E-state index contributed by atoms with van der Waals surface area (Å²) in [5, 5.41) is 13.8. The number of fused-ring (bicyclic) bond motifs is 1. The normalized spacial score (nSPS) is 26.2. The second-order valence-electron chi connectivity index (χ2n) is 10.4. The van der Waals surface area contributed by atoms with E-state index in [2.05, 4.69) is 4.98 Å². The molecule has 6 nitrogen and oxygen atoms in total. The lowest BCUT2D eigenvalue weighted by Crippen LogP contribution is -2.62. The maximum atomic E-state index is 13.1. The van der Waals surface area contributed by atoms with E-state index in [-0.39, 0.29) is 23.4 Å². The van der Waals surface area contributed by atoms with Crippen LogP contribution in [0.2, 0.25) is 0 Å². The van der Waals surface area contributed by atoms with Crippen LogP contribution in [-0.2, 0) is 11.3 Å². The van der Waals surface area contributed by atoms with Gasteiger partial charge in [-0.3, -0.25) is 14.2 Å². The van der Waals surface area contributed by atoms with Crippen molar-refractivity contribution in [2.24, 2.45) is 11.3 Å². The van der Waals surface area contributed by atoms with Crippen molar-refractivity contribution in [1.29, 1.82) is 0 Å². The molecule has 3 heterocycles. The second-order valence-corrected chi connectivity index (χ2v) is 11.4. The summed E-state index contributed by atoms with van der Waals surface area (Å²) in [6.45, 7) is 1.46. The summed E-state index contributed by atoms with van der Waals surface area (Å²) in [5.41, 5.74) is -0.662. The van der Waals surface area contributed by atoms with Crippen molar-refractivity contribution in [3.8, 4) is 0 Å². The molecule has 1 amide bonds. The van der Waals surface area contributed by atoms with Gasteiger partial charge in [0.15, 0.2) is 0 Å². The number of likely N-dealkylation sites (tertiary alicyclic amines) is 1. The summed E-state index contributed by atoms with van der Waals surface area (Å²) in [4.78, 5) is 32.5. The van der Waals surface area contributed by atoms with E-state index >= 15 is 0 Å². The molecule has 1 unspecified atom stereocenters. The molecule has 174 valence electrons. The quantitative estimate of drug-likeness (QED) is 0.725. The Labute approximate surface area is 193 Å². The van der Waals surface area contributed by atoms with Gasteiger partial charge in [0.05, 0.1) is 24.0 Å². The summed E-state index contributed by atoms with van der Waals surface area (Å²) in [6, 6.07) is 1.86. The lowest BCUT2D eigenvalue weighted by Gasteiger charge is -2.52. The van der Waals surface area contributed by atoms with Crippen LogP contribution in [0.5, 0.6) is 0 Å². The molecule has 5 rings (SSSR count). The molecule has 0 radical (unpaired) electrons. The number of carbonyl (C=O) groups excluding carboxylic acids is 1. The first-order valence-electron chi connectivity index (χ1n) is 12.4. The molecule has 2 aliphatic carbocycles. The van der Waals surface area contributed by atoms with Crippen LogP contribution in [0.3, 0.4) is 0 Å². The van der Waals surface area contributed by atoms with Crippen molar-refractivity contribution in [2.75, 3.05) is 13.1 Å². The number of thiophene rings is 1. The zero-order valence-corrected chi connectivity index (χ0v) is 19.7. The molecule has 2 saturated carbocycles. The number of nitrogens with zero attached hydrogens (tertiary/aromatic N) is 3. The van der Waals surface area contributed by atoms with Crippen molar-refractivity contribution < 1.29 is 9.90 Å². The van der Waals surface area contributed by atoms with Gasteiger partial charge >= 0.3 is 0 Å². The minimum absolute atomic E-state index is 0.0717. The van der Waals surface area contributed by atoms with Crippen LogP contribution in [0.4, 0.5) is 0 Å². The number of piperidine rings is 1. The van der Waals surface area contributed by atoms with Gasteiger partial charge < -0.3 is 10.0 Å². The molecular weight excluding hydrogens is 422 g/mol. The molecule has 1 atom stereocenters. The van der Waals surface area contributed by atoms with Crippen molar-refractivity contribution in [2.45, 2.75) is 89.2 Å². The Hall–Kier alpha value is -1.73. The summed E-state index contributed by atoms with van der Waals surface area (Å²) < 4.78 is 2.24. The minimum Gasteiger partial charge on any atom is -0.387 e. The van der Waals surface area contributed by atoms with E-state index in [4.69, 9.17) is 0 Å². The van der Waals surface area contributed by atoms with Gasteiger partial charge in [0.2, 0.25) is 5.91 Å². The molecule has 2 aromatic rings. The Morgan fingerprint density at radius 2 is 1.94 bits per heavy atom. The molecule has 32 heavy (non-hydrogen) atoms. The Kier molecular flexibility index (Phi) is 6.14. The van der Waals surface area contributed by atoms with E-state index in [9.17, 15) is 14.7 Å². The first kappa shape index (κ1) is 22.1.